The molecule has 1 aromatic carbocycles. The summed E-state index contributed by atoms with van der Waals surface area (Å²) in [5.74, 6) is -0.124. The van der Waals surface area contributed by atoms with Crippen molar-refractivity contribution in [1.29, 1.82) is 0 Å². The molecular weight excluding hydrogens is 252 g/mol. The Morgan fingerprint density at radius 2 is 2.00 bits per heavy atom. The lowest BCUT2D eigenvalue weighted by Gasteiger charge is -2.22. The van der Waals surface area contributed by atoms with E-state index in [9.17, 15) is 9.90 Å². The number of phenols is 1. The lowest BCUT2D eigenvalue weighted by atomic mass is 9.98. The maximum atomic E-state index is 12.1. The number of phenolic OH excluding ortho intramolecular Hbond substituents is 1. The van der Waals surface area contributed by atoms with Crippen LogP contribution >= 0.6 is 12.4 Å². The summed E-state index contributed by atoms with van der Waals surface area (Å²) in [6.07, 6.45) is 3.41. The topological polar surface area (TPSA) is 75.3 Å². The van der Waals surface area contributed by atoms with Crippen molar-refractivity contribution in [3.05, 3.63) is 23.8 Å². The first-order valence-electron chi connectivity index (χ1n) is 5.91. The van der Waals surface area contributed by atoms with Gasteiger partial charge in [-0.05, 0) is 37.5 Å². The van der Waals surface area contributed by atoms with Gasteiger partial charge in [-0.2, -0.15) is 0 Å². The molecule has 1 aliphatic carbocycles. The molecule has 0 aliphatic heterocycles. The van der Waals surface area contributed by atoms with E-state index in [-0.39, 0.29) is 24.1 Å². The second-order valence-electron chi connectivity index (χ2n) is 4.84. The zero-order valence-electron chi connectivity index (χ0n) is 10.4. The van der Waals surface area contributed by atoms with E-state index in [0.29, 0.717) is 18.5 Å². The van der Waals surface area contributed by atoms with Crippen LogP contribution in [0.25, 0.3) is 0 Å². The van der Waals surface area contributed by atoms with Crippen LogP contribution < -0.4 is 11.1 Å². The molecule has 0 spiro atoms. The van der Waals surface area contributed by atoms with Crippen LogP contribution in [0, 0.1) is 6.92 Å². The number of carbonyl (C=O) groups excluding carboxylic acids is 1. The Labute approximate surface area is 113 Å². The van der Waals surface area contributed by atoms with Crippen LogP contribution in [0.1, 0.15) is 31.2 Å². The van der Waals surface area contributed by atoms with Gasteiger partial charge < -0.3 is 16.2 Å². The zero-order valence-corrected chi connectivity index (χ0v) is 11.2. The Hall–Kier alpha value is -1.26. The van der Waals surface area contributed by atoms with Crippen LogP contribution in [0.4, 0.5) is 5.69 Å². The molecule has 1 aliphatic rings. The zero-order chi connectivity index (χ0) is 12.5. The monoisotopic (exact) mass is 270 g/mol. The fourth-order valence-corrected chi connectivity index (χ4v) is 2.23. The number of amides is 1. The van der Waals surface area contributed by atoms with Gasteiger partial charge >= 0.3 is 0 Å². The number of carbonyl (C=O) groups is 1. The molecule has 100 valence electrons. The van der Waals surface area contributed by atoms with Crippen molar-refractivity contribution in [2.24, 2.45) is 5.73 Å². The maximum absolute atomic E-state index is 12.1. The molecule has 0 atom stereocenters. The van der Waals surface area contributed by atoms with Crippen molar-refractivity contribution in [3.8, 4) is 5.75 Å². The van der Waals surface area contributed by atoms with E-state index in [0.717, 1.165) is 18.4 Å². The number of anilines is 1. The van der Waals surface area contributed by atoms with Crippen molar-refractivity contribution >= 4 is 24.0 Å². The molecule has 0 saturated heterocycles. The summed E-state index contributed by atoms with van der Waals surface area (Å²) in [5.41, 5.74) is 6.70. The van der Waals surface area contributed by atoms with E-state index in [1.807, 2.05) is 6.92 Å². The molecule has 0 radical (unpaired) electrons. The number of nitrogens with one attached hydrogen (secondary N) is 1. The first kappa shape index (κ1) is 14.8. The number of nitrogens with two attached hydrogens (primary N) is 1. The van der Waals surface area contributed by atoms with Crippen LogP contribution in [0.5, 0.6) is 5.75 Å². The minimum absolute atomic E-state index is 0. The van der Waals surface area contributed by atoms with Gasteiger partial charge in [0.25, 0.3) is 0 Å². The molecule has 0 bridgehead atoms. The number of aromatic hydroxyl groups is 1. The first-order chi connectivity index (χ1) is 8.01. The first-order valence-corrected chi connectivity index (χ1v) is 5.91. The fourth-order valence-electron chi connectivity index (χ4n) is 2.23. The van der Waals surface area contributed by atoms with Crippen molar-refractivity contribution in [1.82, 2.24) is 0 Å². The highest BCUT2D eigenvalue weighted by molar-refractivity contribution is 5.99. The van der Waals surface area contributed by atoms with Crippen LogP contribution in [0.2, 0.25) is 0 Å². The van der Waals surface area contributed by atoms with Crippen molar-refractivity contribution in [3.63, 3.8) is 0 Å². The number of hydrogen-bond acceptors (Lipinski definition) is 3. The quantitative estimate of drug-likeness (QED) is 0.722. The number of halogens is 1. The fraction of sp³-hybridized carbons (Fsp3) is 0.462. The van der Waals surface area contributed by atoms with Crippen molar-refractivity contribution in [2.45, 2.75) is 38.1 Å². The molecule has 4 N–H and O–H groups in total. The van der Waals surface area contributed by atoms with Crippen molar-refractivity contribution in [2.75, 3.05) is 5.32 Å². The molecular formula is C13H19ClN2O2. The average Bonchev–Trinajstić information content (AvgIpc) is 2.72. The van der Waals surface area contributed by atoms with E-state index < -0.39 is 5.54 Å². The molecule has 0 unspecified atom stereocenters. The summed E-state index contributed by atoms with van der Waals surface area (Å²) in [6.45, 7) is 1.91. The number of hydrogen-bond donors (Lipinski definition) is 3. The van der Waals surface area contributed by atoms with Crippen LogP contribution in [-0.2, 0) is 4.79 Å². The third kappa shape index (κ3) is 2.94. The van der Waals surface area contributed by atoms with E-state index in [1.165, 1.54) is 0 Å². The molecule has 0 heterocycles. The van der Waals surface area contributed by atoms with Gasteiger partial charge in [-0.3, -0.25) is 4.79 Å². The summed E-state index contributed by atoms with van der Waals surface area (Å²) in [7, 11) is 0. The summed E-state index contributed by atoms with van der Waals surface area (Å²) in [6, 6.07) is 5.10. The third-order valence-electron chi connectivity index (χ3n) is 3.35. The van der Waals surface area contributed by atoms with E-state index in [4.69, 9.17) is 5.73 Å². The largest absolute Gasteiger partial charge is 0.506 e. The second kappa shape index (κ2) is 5.59. The Morgan fingerprint density at radius 1 is 1.39 bits per heavy atom. The van der Waals surface area contributed by atoms with Crippen molar-refractivity contribution < 1.29 is 9.90 Å². The number of aryl methyl sites for hydroxylation is 1. The van der Waals surface area contributed by atoms with Gasteiger partial charge in [-0.15, -0.1) is 12.4 Å². The van der Waals surface area contributed by atoms with Gasteiger partial charge in [0.1, 0.15) is 5.75 Å². The minimum Gasteiger partial charge on any atom is -0.506 e. The van der Waals surface area contributed by atoms with E-state index >= 15 is 0 Å². The maximum Gasteiger partial charge on any atom is 0.244 e. The van der Waals surface area contributed by atoms with E-state index in [1.54, 1.807) is 18.2 Å². The molecule has 5 heteroatoms. The van der Waals surface area contributed by atoms with Crippen LogP contribution in [0.3, 0.4) is 0 Å². The van der Waals surface area contributed by atoms with Gasteiger partial charge in [-0.1, -0.05) is 18.9 Å². The third-order valence-corrected chi connectivity index (χ3v) is 3.35. The lowest BCUT2D eigenvalue weighted by Crippen LogP contribution is -2.48. The molecule has 1 amide bonds. The summed E-state index contributed by atoms with van der Waals surface area (Å²) in [4.78, 5) is 12.1. The number of rotatable bonds is 2. The predicted octanol–water partition coefficient (Wildman–Crippen LogP) is 2.33. The standard InChI is InChI=1S/C13H18N2O2.ClH/c1-9-4-5-11(16)10(8-9)15-12(17)13(14)6-2-3-7-13;/h4-5,8,16H,2-3,6-7,14H2,1H3,(H,15,17);1H. The SMILES string of the molecule is Cc1ccc(O)c(NC(=O)C2(N)CCCC2)c1.Cl. The normalized spacial score (nSPS) is 17.0. The van der Waals surface area contributed by atoms with Gasteiger partial charge in [0.15, 0.2) is 0 Å². The second-order valence-corrected chi connectivity index (χ2v) is 4.84. The molecule has 1 fully saturated rings. The predicted molar refractivity (Wildman–Crippen MR) is 74.1 cm³/mol. The average molecular weight is 271 g/mol. The van der Waals surface area contributed by atoms with Crippen LogP contribution in [0.15, 0.2) is 18.2 Å². The lowest BCUT2D eigenvalue weighted by molar-refractivity contribution is -0.121. The Morgan fingerprint density at radius 3 is 2.61 bits per heavy atom. The van der Waals surface area contributed by atoms with Gasteiger partial charge in [0.2, 0.25) is 5.91 Å². The molecule has 4 nitrogen and oxygen atoms in total. The molecule has 1 saturated carbocycles. The highest BCUT2D eigenvalue weighted by Gasteiger charge is 2.37. The smallest absolute Gasteiger partial charge is 0.244 e. The molecule has 18 heavy (non-hydrogen) atoms. The Bertz CT molecular complexity index is 443. The van der Waals surface area contributed by atoms with Crippen LogP contribution in [-0.4, -0.2) is 16.6 Å². The van der Waals surface area contributed by atoms with Gasteiger partial charge in [0, 0.05) is 0 Å². The molecule has 2 rings (SSSR count). The minimum atomic E-state index is -0.768. The number of benzene rings is 1. The molecule has 1 aromatic rings. The molecule has 0 aromatic heterocycles. The highest BCUT2D eigenvalue weighted by Crippen LogP contribution is 2.30. The highest BCUT2D eigenvalue weighted by atomic mass is 35.5. The van der Waals surface area contributed by atoms with E-state index in [2.05, 4.69) is 5.32 Å². The Balaban J connectivity index is 0.00000162. The van der Waals surface area contributed by atoms with Gasteiger partial charge in [0.05, 0.1) is 11.2 Å². The Kier molecular flexibility index (Phi) is 4.59. The van der Waals surface area contributed by atoms with Gasteiger partial charge in [-0.25, -0.2) is 0 Å². The summed E-state index contributed by atoms with van der Waals surface area (Å²) < 4.78 is 0. The summed E-state index contributed by atoms with van der Waals surface area (Å²) in [5, 5.41) is 12.4. The summed E-state index contributed by atoms with van der Waals surface area (Å²) >= 11 is 0.